The molecule has 0 bridgehead atoms. The monoisotopic (exact) mass is 312 g/mol. The van der Waals surface area contributed by atoms with Crippen molar-refractivity contribution in [3.8, 4) is 0 Å². The average molecular weight is 312 g/mol. The summed E-state index contributed by atoms with van der Waals surface area (Å²) in [4.78, 5) is 11.0. The summed E-state index contributed by atoms with van der Waals surface area (Å²) < 4.78 is 0. The van der Waals surface area contributed by atoms with E-state index >= 15 is 0 Å². The molecule has 2 aromatic rings. The largest absolute Gasteiger partial charge is 0.393 e. The Labute approximate surface area is 137 Å². The number of nitrogens with one attached hydrogen (secondary N) is 2. The quantitative estimate of drug-likeness (QED) is 0.735. The molecule has 2 heterocycles. The fourth-order valence-electron chi connectivity index (χ4n) is 3.07. The number of nitrogen functional groups attached to an aromatic ring is 1. The molecule has 0 saturated carbocycles. The Kier molecular flexibility index (Phi) is 4.80. The van der Waals surface area contributed by atoms with Crippen LogP contribution in [0, 0.1) is 0 Å². The van der Waals surface area contributed by atoms with Gasteiger partial charge in [-0.15, -0.1) is 0 Å². The molecule has 122 valence electrons. The Hall–Kier alpha value is -2.50. The number of nitrogens with zero attached hydrogens (tertiary/aromatic N) is 3. The molecule has 6 heteroatoms. The van der Waals surface area contributed by atoms with Crippen LogP contribution in [-0.2, 0) is 0 Å². The van der Waals surface area contributed by atoms with Crippen molar-refractivity contribution in [2.45, 2.75) is 38.6 Å². The van der Waals surface area contributed by atoms with Crippen LogP contribution in [0.5, 0.6) is 0 Å². The molecule has 1 aliphatic heterocycles. The Morgan fingerprint density at radius 1 is 1.17 bits per heavy atom. The molecule has 1 aromatic carbocycles. The number of benzene rings is 1. The number of hydrogen-bond donors (Lipinski definition) is 3. The van der Waals surface area contributed by atoms with Gasteiger partial charge in [0.05, 0.1) is 5.69 Å². The van der Waals surface area contributed by atoms with Gasteiger partial charge in [0.1, 0.15) is 12.0 Å². The predicted octanol–water partition coefficient (Wildman–Crippen LogP) is 3.27. The molecule has 0 aliphatic carbocycles. The zero-order valence-corrected chi connectivity index (χ0v) is 13.5. The Morgan fingerprint density at radius 2 is 2.00 bits per heavy atom. The molecule has 0 radical (unpaired) electrons. The molecule has 1 aromatic heterocycles. The molecular formula is C17H24N6. The summed E-state index contributed by atoms with van der Waals surface area (Å²) in [7, 11) is 0. The highest BCUT2D eigenvalue weighted by Gasteiger charge is 2.24. The first-order chi connectivity index (χ1) is 11.3. The molecular weight excluding hydrogens is 288 g/mol. The summed E-state index contributed by atoms with van der Waals surface area (Å²) in [5, 5.41) is 0. The minimum Gasteiger partial charge on any atom is -0.393 e. The van der Waals surface area contributed by atoms with Crippen LogP contribution in [-0.4, -0.2) is 22.6 Å². The zero-order chi connectivity index (χ0) is 16.1. The van der Waals surface area contributed by atoms with Crippen LogP contribution in [0.25, 0.3) is 0 Å². The minimum atomic E-state index is 0.510. The van der Waals surface area contributed by atoms with E-state index < -0.39 is 0 Å². The van der Waals surface area contributed by atoms with Crippen molar-refractivity contribution in [3.63, 3.8) is 0 Å². The second-order valence-corrected chi connectivity index (χ2v) is 5.83. The van der Waals surface area contributed by atoms with Gasteiger partial charge in [0.15, 0.2) is 11.6 Å². The van der Waals surface area contributed by atoms with E-state index in [1.54, 1.807) is 6.33 Å². The van der Waals surface area contributed by atoms with Gasteiger partial charge < -0.3 is 10.6 Å². The third-order valence-electron chi connectivity index (χ3n) is 4.33. The normalized spacial score (nSPS) is 17.8. The van der Waals surface area contributed by atoms with Gasteiger partial charge >= 0.3 is 0 Å². The lowest BCUT2D eigenvalue weighted by atomic mass is 10.00. The molecule has 4 N–H and O–H groups in total. The average Bonchev–Trinajstić information content (AvgIpc) is 2.62. The second kappa shape index (κ2) is 7.17. The standard InChI is InChI=1S/C17H24N6/c1-2-14-10-6-7-11-23(14)17-15(18)16(19-12-20-17)22-21-13-8-4-3-5-9-13/h3-5,8-9,12,14,21H,2,6-7,10-11,18H2,1H3,(H,19,20,22). The first-order valence-electron chi connectivity index (χ1n) is 8.23. The molecule has 1 fully saturated rings. The number of hydrogen-bond acceptors (Lipinski definition) is 6. The van der Waals surface area contributed by atoms with Crippen LogP contribution in [0.3, 0.4) is 0 Å². The molecule has 6 nitrogen and oxygen atoms in total. The third-order valence-corrected chi connectivity index (χ3v) is 4.33. The highest BCUT2D eigenvalue weighted by Crippen LogP contribution is 2.31. The van der Waals surface area contributed by atoms with E-state index in [4.69, 9.17) is 5.73 Å². The van der Waals surface area contributed by atoms with E-state index in [9.17, 15) is 0 Å². The van der Waals surface area contributed by atoms with Crippen LogP contribution >= 0.6 is 0 Å². The molecule has 3 rings (SSSR count). The van der Waals surface area contributed by atoms with Crippen molar-refractivity contribution < 1.29 is 0 Å². The van der Waals surface area contributed by atoms with Crippen LogP contribution in [0.2, 0.25) is 0 Å². The Morgan fingerprint density at radius 3 is 2.78 bits per heavy atom. The Balaban J connectivity index is 1.77. The van der Waals surface area contributed by atoms with Crippen LogP contribution in [0.4, 0.5) is 23.0 Å². The van der Waals surface area contributed by atoms with Gasteiger partial charge in [0.25, 0.3) is 0 Å². The van der Waals surface area contributed by atoms with E-state index in [2.05, 4.69) is 32.6 Å². The van der Waals surface area contributed by atoms with Crippen LogP contribution in [0.15, 0.2) is 36.7 Å². The molecule has 1 unspecified atom stereocenters. The van der Waals surface area contributed by atoms with Crippen molar-refractivity contribution >= 4 is 23.0 Å². The number of aromatic nitrogens is 2. The smallest absolute Gasteiger partial charge is 0.173 e. The maximum Gasteiger partial charge on any atom is 0.173 e. The third kappa shape index (κ3) is 3.47. The molecule has 1 aliphatic rings. The number of nitrogens with two attached hydrogens (primary N) is 1. The van der Waals surface area contributed by atoms with Gasteiger partial charge in [-0.2, -0.15) is 0 Å². The predicted molar refractivity (Wildman–Crippen MR) is 95.4 cm³/mol. The lowest BCUT2D eigenvalue weighted by Crippen LogP contribution is -2.40. The van der Waals surface area contributed by atoms with Crippen molar-refractivity contribution in [2.24, 2.45) is 0 Å². The zero-order valence-electron chi connectivity index (χ0n) is 13.5. The second-order valence-electron chi connectivity index (χ2n) is 5.83. The fourth-order valence-corrected chi connectivity index (χ4v) is 3.07. The fraction of sp³-hybridized carbons (Fsp3) is 0.412. The SMILES string of the molecule is CCC1CCCCN1c1ncnc(NNc2ccccc2)c1N. The van der Waals surface area contributed by atoms with Gasteiger partial charge in [0, 0.05) is 12.6 Å². The van der Waals surface area contributed by atoms with Crippen LogP contribution < -0.4 is 21.5 Å². The van der Waals surface area contributed by atoms with Crippen molar-refractivity contribution in [2.75, 3.05) is 28.0 Å². The van der Waals surface area contributed by atoms with Gasteiger partial charge in [0.2, 0.25) is 0 Å². The molecule has 0 spiro atoms. The summed E-state index contributed by atoms with van der Waals surface area (Å²) in [6.07, 6.45) is 6.34. The lowest BCUT2D eigenvalue weighted by Gasteiger charge is -2.36. The lowest BCUT2D eigenvalue weighted by molar-refractivity contribution is 0.447. The number of rotatable bonds is 5. The summed E-state index contributed by atoms with van der Waals surface area (Å²) in [5.41, 5.74) is 14.1. The van der Waals surface area contributed by atoms with E-state index in [1.807, 2.05) is 30.3 Å². The van der Waals surface area contributed by atoms with Gasteiger partial charge in [-0.05, 0) is 37.8 Å². The van der Waals surface area contributed by atoms with Crippen LogP contribution in [0.1, 0.15) is 32.6 Å². The topological polar surface area (TPSA) is 79.1 Å². The summed E-state index contributed by atoms with van der Waals surface area (Å²) in [5.74, 6) is 1.45. The maximum absolute atomic E-state index is 6.33. The van der Waals surface area contributed by atoms with Crippen molar-refractivity contribution in [3.05, 3.63) is 36.7 Å². The number of hydrazine groups is 1. The molecule has 23 heavy (non-hydrogen) atoms. The van der Waals surface area contributed by atoms with Gasteiger partial charge in [-0.25, -0.2) is 9.97 Å². The number of para-hydroxylation sites is 1. The minimum absolute atomic E-state index is 0.510. The van der Waals surface area contributed by atoms with E-state index in [0.717, 1.165) is 24.5 Å². The van der Waals surface area contributed by atoms with Crippen molar-refractivity contribution in [1.29, 1.82) is 0 Å². The first kappa shape index (κ1) is 15.4. The molecule has 1 saturated heterocycles. The van der Waals surface area contributed by atoms with E-state index in [0.29, 0.717) is 17.5 Å². The van der Waals surface area contributed by atoms with E-state index in [-0.39, 0.29) is 0 Å². The summed E-state index contributed by atoms with van der Waals surface area (Å²) >= 11 is 0. The highest BCUT2D eigenvalue weighted by atomic mass is 15.4. The summed E-state index contributed by atoms with van der Waals surface area (Å²) in [6, 6.07) is 10.4. The summed E-state index contributed by atoms with van der Waals surface area (Å²) in [6.45, 7) is 3.22. The number of piperidine rings is 1. The Bertz CT molecular complexity index is 630. The van der Waals surface area contributed by atoms with E-state index in [1.165, 1.54) is 19.3 Å². The van der Waals surface area contributed by atoms with Gasteiger partial charge in [-0.1, -0.05) is 25.1 Å². The van der Waals surface area contributed by atoms with Gasteiger partial charge in [-0.3, -0.25) is 10.9 Å². The highest BCUT2D eigenvalue weighted by molar-refractivity contribution is 5.76. The number of anilines is 4. The molecule has 1 atom stereocenters. The van der Waals surface area contributed by atoms with Crippen molar-refractivity contribution in [1.82, 2.24) is 9.97 Å². The molecule has 0 amide bonds. The maximum atomic E-state index is 6.33. The first-order valence-corrected chi connectivity index (χ1v) is 8.23.